The van der Waals surface area contributed by atoms with Gasteiger partial charge in [0.25, 0.3) is 0 Å². The minimum absolute atomic E-state index is 0.375. The van der Waals surface area contributed by atoms with Crippen LogP contribution in [-0.4, -0.2) is 0 Å². The highest BCUT2D eigenvalue weighted by Crippen LogP contribution is 2.58. The lowest BCUT2D eigenvalue weighted by molar-refractivity contribution is 0.767. The maximum absolute atomic E-state index is 2.35. The van der Waals surface area contributed by atoms with Crippen molar-refractivity contribution >= 4 is 10.8 Å². The summed E-state index contributed by atoms with van der Waals surface area (Å²) in [4.78, 5) is 0. The molecule has 0 aromatic heterocycles. The second-order valence-electron chi connectivity index (χ2n) is 11.0. The molecule has 0 heterocycles. The van der Waals surface area contributed by atoms with Gasteiger partial charge in [0, 0.05) is 0 Å². The van der Waals surface area contributed by atoms with E-state index in [1.807, 2.05) is 0 Å². The smallest absolute Gasteiger partial charge is 0.0656 e. The van der Waals surface area contributed by atoms with Gasteiger partial charge in [-0.15, -0.1) is 0 Å². The molecule has 1 aliphatic carbocycles. The van der Waals surface area contributed by atoms with Crippen LogP contribution in [0.4, 0.5) is 0 Å². The fourth-order valence-electron chi connectivity index (χ4n) is 6.32. The molecule has 0 fully saturated rings. The molecule has 0 aliphatic heterocycles. The van der Waals surface area contributed by atoms with Gasteiger partial charge in [0.1, 0.15) is 0 Å². The van der Waals surface area contributed by atoms with Crippen molar-refractivity contribution in [3.05, 3.63) is 167 Å². The van der Waals surface area contributed by atoms with Crippen molar-refractivity contribution in [1.82, 2.24) is 0 Å². The zero-order valence-corrected chi connectivity index (χ0v) is 23.9. The minimum atomic E-state index is -0.375. The summed E-state index contributed by atoms with van der Waals surface area (Å²) in [5, 5.41) is 2.54. The highest BCUT2D eigenvalue weighted by molar-refractivity contribution is 5.97. The van der Waals surface area contributed by atoms with E-state index in [1.165, 1.54) is 72.8 Å². The Kier molecular flexibility index (Phi) is 6.86. The van der Waals surface area contributed by atoms with Gasteiger partial charge in [-0.25, -0.2) is 0 Å². The van der Waals surface area contributed by atoms with E-state index in [9.17, 15) is 0 Å². The Bertz CT molecular complexity index is 1740. The predicted molar refractivity (Wildman–Crippen MR) is 172 cm³/mol. The highest BCUT2D eigenvalue weighted by Gasteiger charge is 2.46. The van der Waals surface area contributed by atoms with Gasteiger partial charge >= 0.3 is 0 Å². The lowest BCUT2D eigenvalue weighted by atomic mass is 9.67. The summed E-state index contributed by atoms with van der Waals surface area (Å²) in [6.45, 7) is 8.58. The van der Waals surface area contributed by atoms with Gasteiger partial charge < -0.3 is 0 Å². The second kappa shape index (κ2) is 10.6. The summed E-state index contributed by atoms with van der Waals surface area (Å²) in [6, 6.07) is 49.7. The van der Waals surface area contributed by atoms with Crippen molar-refractivity contribution in [1.29, 1.82) is 0 Å². The molecule has 0 atom stereocenters. The molecule has 0 amide bonds. The zero-order valence-electron chi connectivity index (χ0n) is 23.9. The van der Waals surface area contributed by atoms with E-state index in [0.29, 0.717) is 0 Å². The summed E-state index contributed by atoms with van der Waals surface area (Å²) in [7, 11) is 0. The molecule has 6 aromatic carbocycles. The molecular formula is C40H36. The van der Waals surface area contributed by atoms with Crippen LogP contribution in [0, 0.1) is 13.8 Å². The molecule has 0 spiro atoms. The van der Waals surface area contributed by atoms with Crippen LogP contribution >= 0.6 is 0 Å². The van der Waals surface area contributed by atoms with Crippen LogP contribution in [0.1, 0.15) is 53.6 Å². The Hall–Kier alpha value is -4.42. The van der Waals surface area contributed by atoms with Gasteiger partial charge in [-0.2, -0.15) is 0 Å². The van der Waals surface area contributed by atoms with Crippen molar-refractivity contribution in [2.45, 2.75) is 39.5 Å². The lowest BCUT2D eigenvalue weighted by Crippen LogP contribution is -2.28. The van der Waals surface area contributed by atoms with Gasteiger partial charge in [-0.1, -0.05) is 159 Å². The Morgan fingerprint density at radius 2 is 1.00 bits per heavy atom. The molecule has 0 unspecified atom stereocenters. The van der Waals surface area contributed by atoms with Crippen LogP contribution in [0.2, 0.25) is 0 Å². The number of aryl methyl sites for hydroxylation is 2. The lowest BCUT2D eigenvalue weighted by Gasteiger charge is -2.34. The molecule has 40 heavy (non-hydrogen) atoms. The molecule has 6 aromatic rings. The van der Waals surface area contributed by atoms with Crippen molar-refractivity contribution in [2.24, 2.45) is 0 Å². The summed E-state index contributed by atoms with van der Waals surface area (Å²) in [6.07, 6.45) is 1.25. The fourth-order valence-corrected chi connectivity index (χ4v) is 6.32. The Labute approximate surface area is 239 Å². The molecule has 1 aliphatic rings. The molecule has 7 rings (SSSR count). The summed E-state index contributed by atoms with van der Waals surface area (Å²) in [5.41, 5.74) is 12.7. The number of rotatable bonds is 3. The Balaban J connectivity index is 0.000000925. The van der Waals surface area contributed by atoms with Gasteiger partial charge in [0.15, 0.2) is 0 Å². The summed E-state index contributed by atoms with van der Waals surface area (Å²) < 4.78 is 0. The molecule has 0 bridgehead atoms. The molecule has 0 N–H and O–H groups in total. The van der Waals surface area contributed by atoms with Crippen LogP contribution < -0.4 is 0 Å². The minimum Gasteiger partial charge on any atom is -0.0656 e. The summed E-state index contributed by atoms with van der Waals surface area (Å²) >= 11 is 0. The normalized spacial score (nSPS) is 12.8. The first-order valence-electron chi connectivity index (χ1n) is 14.4. The van der Waals surface area contributed by atoms with Crippen molar-refractivity contribution in [3.8, 4) is 22.3 Å². The van der Waals surface area contributed by atoms with Gasteiger partial charge in [-0.05, 0) is 75.2 Å². The molecule has 0 nitrogen and oxygen atoms in total. The largest absolute Gasteiger partial charge is 0.0713 e. The van der Waals surface area contributed by atoms with E-state index >= 15 is 0 Å². The third-order valence-electron chi connectivity index (χ3n) is 8.10. The number of hydrogen-bond acceptors (Lipinski definition) is 0. The Morgan fingerprint density at radius 1 is 0.475 bits per heavy atom. The quantitative estimate of drug-likeness (QED) is 0.219. The number of hydrogen-bond donors (Lipinski definition) is 0. The Morgan fingerprint density at radius 3 is 1.65 bits per heavy atom. The van der Waals surface area contributed by atoms with E-state index in [4.69, 9.17) is 0 Å². The standard InChI is InChI=1S/C37H28.C3H8/c1-25-14-20-30(21-15-25)37(31-22-16-26(2)17-23-31)34-12-6-5-10-33(34)36-32(11-7-13-35(36)37)29-19-18-27-8-3-4-9-28(27)24-29;1-3-2/h3-24H,1-2H3;3H2,1-2H3. The van der Waals surface area contributed by atoms with Gasteiger partial charge in [0.2, 0.25) is 0 Å². The number of fused-ring (bicyclic) bond motifs is 4. The first-order valence-corrected chi connectivity index (χ1v) is 14.4. The molecule has 0 radical (unpaired) electrons. The van der Waals surface area contributed by atoms with E-state index < -0.39 is 0 Å². The molecule has 196 valence electrons. The van der Waals surface area contributed by atoms with Crippen molar-refractivity contribution in [3.63, 3.8) is 0 Å². The fraction of sp³-hybridized carbons (Fsp3) is 0.150. The SMILES string of the molecule is CCC.Cc1ccc(C2(c3ccc(C)cc3)c3ccccc3-c3c(-c4ccc5ccccc5c4)cccc32)cc1. The van der Waals surface area contributed by atoms with Crippen LogP contribution in [0.3, 0.4) is 0 Å². The predicted octanol–water partition coefficient (Wildman–Crippen LogP) is 10.9. The maximum Gasteiger partial charge on any atom is 0.0713 e. The summed E-state index contributed by atoms with van der Waals surface area (Å²) in [5.74, 6) is 0. The third kappa shape index (κ3) is 4.16. The van der Waals surface area contributed by atoms with Gasteiger partial charge in [-0.3, -0.25) is 0 Å². The third-order valence-corrected chi connectivity index (χ3v) is 8.10. The average Bonchev–Trinajstić information content (AvgIpc) is 3.29. The first kappa shape index (κ1) is 25.8. The van der Waals surface area contributed by atoms with E-state index in [1.54, 1.807) is 0 Å². The van der Waals surface area contributed by atoms with Gasteiger partial charge in [0.05, 0.1) is 5.41 Å². The topological polar surface area (TPSA) is 0 Å². The molecule has 0 heteroatoms. The van der Waals surface area contributed by atoms with E-state index in [-0.39, 0.29) is 5.41 Å². The van der Waals surface area contributed by atoms with Crippen molar-refractivity contribution < 1.29 is 0 Å². The van der Waals surface area contributed by atoms with E-state index in [0.717, 1.165) is 0 Å². The van der Waals surface area contributed by atoms with Crippen molar-refractivity contribution in [2.75, 3.05) is 0 Å². The van der Waals surface area contributed by atoms with Crippen LogP contribution in [0.25, 0.3) is 33.0 Å². The second-order valence-corrected chi connectivity index (χ2v) is 11.0. The zero-order chi connectivity index (χ0) is 27.7. The van der Waals surface area contributed by atoms with E-state index in [2.05, 4.69) is 161 Å². The molecule has 0 saturated heterocycles. The van der Waals surface area contributed by atoms with Crippen LogP contribution in [0.5, 0.6) is 0 Å². The molecular weight excluding hydrogens is 480 g/mol. The maximum atomic E-state index is 2.35. The molecule has 0 saturated carbocycles. The highest BCUT2D eigenvalue weighted by atomic mass is 14.5. The monoisotopic (exact) mass is 516 g/mol. The first-order chi connectivity index (χ1) is 19.6. The van der Waals surface area contributed by atoms with Crippen LogP contribution in [0.15, 0.2) is 133 Å². The van der Waals surface area contributed by atoms with Crippen LogP contribution in [-0.2, 0) is 5.41 Å². The average molecular weight is 517 g/mol. The number of benzene rings is 6.